The van der Waals surface area contributed by atoms with E-state index in [0.29, 0.717) is 27.3 Å². The topological polar surface area (TPSA) is 93.2 Å². The van der Waals surface area contributed by atoms with Gasteiger partial charge in [-0.05, 0) is 48.0 Å². The van der Waals surface area contributed by atoms with Crippen LogP contribution in [0.5, 0.6) is 5.75 Å². The number of nitrogens with one attached hydrogen (secondary N) is 2. The van der Waals surface area contributed by atoms with E-state index in [0.717, 1.165) is 16.5 Å². The van der Waals surface area contributed by atoms with Crippen LogP contribution in [0.1, 0.15) is 17.3 Å². The fraction of sp³-hybridized carbons (Fsp3) is 0.130. The monoisotopic (exact) mass is 464 g/mol. The zero-order chi connectivity index (χ0) is 22.3. The van der Waals surface area contributed by atoms with Crippen LogP contribution < -0.4 is 15.4 Å². The summed E-state index contributed by atoms with van der Waals surface area (Å²) in [5, 5.41) is 16.0. The molecular formula is C23H20N4O3S2. The summed E-state index contributed by atoms with van der Waals surface area (Å²) in [5.41, 5.74) is 1.27. The molecule has 162 valence electrons. The smallest absolute Gasteiger partial charge is 0.258 e. The minimum Gasteiger partial charge on any atom is -0.494 e. The van der Waals surface area contributed by atoms with Gasteiger partial charge in [-0.3, -0.25) is 14.9 Å². The first-order valence-corrected chi connectivity index (χ1v) is 11.7. The highest BCUT2D eigenvalue weighted by Crippen LogP contribution is 2.27. The molecule has 0 saturated carbocycles. The van der Waals surface area contributed by atoms with Crippen LogP contribution in [0.25, 0.3) is 10.8 Å². The maximum Gasteiger partial charge on any atom is 0.258 e. The van der Waals surface area contributed by atoms with Crippen molar-refractivity contribution in [2.45, 2.75) is 11.3 Å². The van der Waals surface area contributed by atoms with Gasteiger partial charge in [0.05, 0.1) is 12.4 Å². The second-order valence-corrected chi connectivity index (χ2v) is 8.85. The average molecular weight is 465 g/mol. The van der Waals surface area contributed by atoms with Crippen molar-refractivity contribution >= 4 is 56.5 Å². The Morgan fingerprint density at radius 1 is 0.969 bits per heavy atom. The standard InChI is InChI=1S/C23H20N4O3S2/c1-2-30-17-12-10-16(11-13-17)24-20(28)14-31-23-27-26-22(32-23)25-21(29)19-9-5-7-15-6-3-4-8-18(15)19/h3-13H,2,14H2,1H3,(H,24,28)(H,25,26,29). The Morgan fingerprint density at radius 2 is 1.75 bits per heavy atom. The Kier molecular flexibility index (Phi) is 6.98. The molecule has 0 saturated heterocycles. The van der Waals surface area contributed by atoms with Crippen molar-refractivity contribution in [3.8, 4) is 5.75 Å². The van der Waals surface area contributed by atoms with E-state index in [1.807, 2.05) is 55.5 Å². The van der Waals surface area contributed by atoms with Gasteiger partial charge >= 0.3 is 0 Å². The Morgan fingerprint density at radius 3 is 2.56 bits per heavy atom. The highest BCUT2D eigenvalue weighted by Gasteiger charge is 2.14. The summed E-state index contributed by atoms with van der Waals surface area (Å²) in [6, 6.07) is 20.5. The predicted molar refractivity (Wildman–Crippen MR) is 129 cm³/mol. The van der Waals surface area contributed by atoms with Gasteiger partial charge in [-0.25, -0.2) is 0 Å². The van der Waals surface area contributed by atoms with Gasteiger partial charge in [0.1, 0.15) is 5.75 Å². The Hall–Kier alpha value is -3.43. The van der Waals surface area contributed by atoms with Crippen molar-refractivity contribution in [3.05, 3.63) is 72.3 Å². The van der Waals surface area contributed by atoms with Crippen molar-refractivity contribution < 1.29 is 14.3 Å². The molecule has 4 aromatic rings. The number of aromatic nitrogens is 2. The van der Waals surface area contributed by atoms with Gasteiger partial charge in [0.25, 0.3) is 5.91 Å². The van der Waals surface area contributed by atoms with E-state index in [2.05, 4.69) is 20.8 Å². The van der Waals surface area contributed by atoms with E-state index in [-0.39, 0.29) is 17.6 Å². The van der Waals surface area contributed by atoms with E-state index < -0.39 is 0 Å². The van der Waals surface area contributed by atoms with Crippen molar-refractivity contribution in [2.75, 3.05) is 23.0 Å². The number of anilines is 2. The number of thioether (sulfide) groups is 1. The quantitative estimate of drug-likeness (QED) is 0.279. The molecule has 0 fully saturated rings. The van der Waals surface area contributed by atoms with Crippen LogP contribution in [-0.2, 0) is 4.79 Å². The highest BCUT2D eigenvalue weighted by atomic mass is 32.2. The summed E-state index contributed by atoms with van der Waals surface area (Å²) in [6.45, 7) is 2.51. The minimum absolute atomic E-state index is 0.157. The van der Waals surface area contributed by atoms with Gasteiger partial charge in [0.15, 0.2) is 4.34 Å². The molecule has 0 spiro atoms. The molecule has 1 aromatic heterocycles. The minimum atomic E-state index is -0.247. The lowest BCUT2D eigenvalue weighted by atomic mass is 10.0. The van der Waals surface area contributed by atoms with E-state index in [1.54, 1.807) is 18.2 Å². The van der Waals surface area contributed by atoms with Crippen LogP contribution in [0.4, 0.5) is 10.8 Å². The lowest BCUT2D eigenvalue weighted by Crippen LogP contribution is -2.13. The first-order valence-electron chi connectivity index (χ1n) is 9.90. The normalized spacial score (nSPS) is 10.7. The van der Waals surface area contributed by atoms with Crippen LogP contribution in [0.2, 0.25) is 0 Å². The molecule has 2 N–H and O–H groups in total. The second-order valence-electron chi connectivity index (χ2n) is 6.65. The van der Waals surface area contributed by atoms with Crippen molar-refractivity contribution in [1.82, 2.24) is 10.2 Å². The number of rotatable bonds is 8. The molecule has 0 aliphatic carbocycles. The van der Waals surface area contributed by atoms with Gasteiger partial charge in [-0.1, -0.05) is 59.5 Å². The van der Waals surface area contributed by atoms with Crippen molar-refractivity contribution in [1.29, 1.82) is 0 Å². The summed E-state index contributed by atoms with van der Waals surface area (Å²) in [4.78, 5) is 24.9. The lowest BCUT2D eigenvalue weighted by Gasteiger charge is -2.06. The first kappa shape index (κ1) is 21.8. The van der Waals surface area contributed by atoms with Gasteiger partial charge < -0.3 is 10.1 Å². The molecule has 4 rings (SSSR count). The van der Waals surface area contributed by atoms with Crippen LogP contribution >= 0.6 is 23.1 Å². The fourth-order valence-corrected chi connectivity index (χ4v) is 4.58. The maximum absolute atomic E-state index is 12.7. The third-order valence-corrected chi connectivity index (χ3v) is 6.41. The molecule has 0 aliphatic rings. The summed E-state index contributed by atoms with van der Waals surface area (Å²) in [6.07, 6.45) is 0. The summed E-state index contributed by atoms with van der Waals surface area (Å²) < 4.78 is 5.99. The first-order chi connectivity index (χ1) is 15.6. The maximum atomic E-state index is 12.7. The summed E-state index contributed by atoms with van der Waals surface area (Å²) in [5.74, 6) is 0.532. The van der Waals surface area contributed by atoms with Crippen LogP contribution in [0, 0.1) is 0 Å². The molecule has 0 radical (unpaired) electrons. The number of amides is 2. The molecular weight excluding hydrogens is 444 g/mol. The third kappa shape index (κ3) is 5.43. The molecule has 32 heavy (non-hydrogen) atoms. The van der Waals surface area contributed by atoms with E-state index >= 15 is 0 Å². The van der Waals surface area contributed by atoms with E-state index in [9.17, 15) is 9.59 Å². The van der Waals surface area contributed by atoms with Crippen LogP contribution in [0.15, 0.2) is 71.1 Å². The number of carbonyl (C=O) groups is 2. The Labute approximate surface area is 193 Å². The highest BCUT2D eigenvalue weighted by molar-refractivity contribution is 8.01. The molecule has 0 unspecified atom stereocenters. The van der Waals surface area contributed by atoms with Crippen molar-refractivity contribution in [2.24, 2.45) is 0 Å². The lowest BCUT2D eigenvalue weighted by molar-refractivity contribution is -0.113. The van der Waals surface area contributed by atoms with Gasteiger partial charge in [-0.15, -0.1) is 10.2 Å². The summed E-state index contributed by atoms with van der Waals surface area (Å²) >= 11 is 2.49. The van der Waals surface area contributed by atoms with E-state index in [4.69, 9.17) is 4.74 Å². The zero-order valence-corrected chi connectivity index (χ0v) is 18.8. The average Bonchev–Trinajstić information content (AvgIpc) is 3.26. The van der Waals surface area contributed by atoms with Gasteiger partial charge in [0.2, 0.25) is 11.0 Å². The molecule has 3 aromatic carbocycles. The number of carbonyl (C=O) groups excluding carboxylic acids is 2. The number of nitrogens with zero attached hydrogens (tertiary/aromatic N) is 2. The van der Waals surface area contributed by atoms with E-state index in [1.165, 1.54) is 23.1 Å². The van der Waals surface area contributed by atoms with Gasteiger partial charge in [0, 0.05) is 11.3 Å². The van der Waals surface area contributed by atoms with Crippen LogP contribution in [-0.4, -0.2) is 34.4 Å². The Bertz CT molecular complexity index is 1240. The number of hydrogen-bond acceptors (Lipinski definition) is 7. The van der Waals surface area contributed by atoms with Crippen molar-refractivity contribution in [3.63, 3.8) is 0 Å². The molecule has 2 amide bonds. The largest absolute Gasteiger partial charge is 0.494 e. The number of hydrogen-bond donors (Lipinski definition) is 2. The second kappa shape index (κ2) is 10.3. The van der Waals surface area contributed by atoms with Gasteiger partial charge in [-0.2, -0.15) is 0 Å². The third-order valence-electron chi connectivity index (χ3n) is 4.44. The molecule has 1 heterocycles. The molecule has 0 bridgehead atoms. The zero-order valence-electron chi connectivity index (χ0n) is 17.2. The molecule has 0 aliphatic heterocycles. The predicted octanol–water partition coefficient (Wildman–Crippen LogP) is 5.07. The molecule has 0 atom stereocenters. The fourth-order valence-electron chi connectivity index (χ4n) is 3.03. The SMILES string of the molecule is CCOc1ccc(NC(=O)CSc2nnc(NC(=O)c3cccc4ccccc34)s2)cc1. The molecule has 7 nitrogen and oxygen atoms in total. The number of fused-ring (bicyclic) bond motifs is 1. The number of benzene rings is 3. The Balaban J connectivity index is 1.31. The number of ether oxygens (including phenoxy) is 1. The summed E-state index contributed by atoms with van der Waals surface area (Å²) in [7, 11) is 0. The van der Waals surface area contributed by atoms with Crippen LogP contribution in [0.3, 0.4) is 0 Å². The molecule has 9 heteroatoms.